The van der Waals surface area contributed by atoms with Gasteiger partial charge >= 0.3 is 6.03 Å². The number of amides is 2. The molecule has 3 N–H and O–H groups in total. The number of carbonyl (C=O) groups is 1. The average molecular weight is 349 g/mol. The Morgan fingerprint density at radius 2 is 1.92 bits per heavy atom. The lowest BCUT2D eigenvalue weighted by atomic mass is 10.3. The van der Waals surface area contributed by atoms with Crippen LogP contribution >= 0.6 is 0 Å². The van der Waals surface area contributed by atoms with E-state index in [4.69, 9.17) is 0 Å². The highest BCUT2D eigenvalue weighted by molar-refractivity contribution is 5.83. The largest absolute Gasteiger partial charge is 0.394 e. The van der Waals surface area contributed by atoms with Gasteiger partial charge in [0.15, 0.2) is 17.0 Å². The Balaban J connectivity index is 1.80. The molecule has 0 aromatic carbocycles. The molecule has 2 aromatic heterocycles. The quantitative estimate of drug-likeness (QED) is 0.647. The van der Waals surface area contributed by atoms with Gasteiger partial charge in [-0.2, -0.15) is 0 Å². The zero-order valence-electron chi connectivity index (χ0n) is 14.2. The van der Waals surface area contributed by atoms with E-state index in [-0.39, 0.29) is 19.2 Å². The Hall–Kier alpha value is -2.46. The monoisotopic (exact) mass is 349 g/mol. The molecular formula is C15H23N7O3. The van der Waals surface area contributed by atoms with Crippen molar-refractivity contribution < 1.29 is 15.0 Å². The molecule has 0 spiro atoms. The lowest BCUT2D eigenvalue weighted by molar-refractivity contribution is 0.156. The maximum absolute atomic E-state index is 11.9. The minimum Gasteiger partial charge on any atom is -0.394 e. The summed E-state index contributed by atoms with van der Waals surface area (Å²) < 4.78 is 1.66. The van der Waals surface area contributed by atoms with Crippen LogP contribution in [0.25, 0.3) is 11.2 Å². The fourth-order valence-corrected chi connectivity index (χ4v) is 2.96. The van der Waals surface area contributed by atoms with Crippen LogP contribution in [0.4, 0.5) is 10.6 Å². The van der Waals surface area contributed by atoms with Crippen LogP contribution in [0.2, 0.25) is 0 Å². The summed E-state index contributed by atoms with van der Waals surface area (Å²) in [6.07, 6.45) is 3.02. The molecule has 3 heterocycles. The molecule has 136 valence electrons. The van der Waals surface area contributed by atoms with Crippen molar-refractivity contribution in [2.45, 2.75) is 13.0 Å². The highest BCUT2D eigenvalue weighted by Crippen LogP contribution is 2.24. The van der Waals surface area contributed by atoms with Gasteiger partial charge in [-0.05, 0) is 6.92 Å². The predicted molar refractivity (Wildman–Crippen MR) is 91.4 cm³/mol. The third-order valence-corrected chi connectivity index (χ3v) is 4.35. The molecule has 10 heteroatoms. The number of hydrogen-bond acceptors (Lipinski definition) is 7. The molecule has 2 aromatic rings. The third-order valence-electron chi connectivity index (χ3n) is 4.35. The number of fused-ring (bicyclic) bond motifs is 1. The van der Waals surface area contributed by atoms with Crippen molar-refractivity contribution in [1.29, 1.82) is 0 Å². The number of anilines is 1. The Labute approximate surface area is 145 Å². The van der Waals surface area contributed by atoms with Crippen LogP contribution in [-0.4, -0.2) is 86.6 Å². The van der Waals surface area contributed by atoms with Gasteiger partial charge in [0.05, 0.1) is 25.6 Å². The summed E-state index contributed by atoms with van der Waals surface area (Å²) in [5, 5.41) is 21.6. The Morgan fingerprint density at radius 1 is 1.20 bits per heavy atom. The number of aromatic nitrogens is 4. The minimum atomic E-state index is -0.484. The van der Waals surface area contributed by atoms with Crippen molar-refractivity contribution in [3.05, 3.63) is 12.7 Å². The maximum atomic E-state index is 11.9. The molecule has 10 nitrogen and oxygen atoms in total. The average Bonchev–Trinajstić information content (AvgIpc) is 3.07. The van der Waals surface area contributed by atoms with E-state index in [1.54, 1.807) is 15.8 Å². The number of nitrogens with one attached hydrogen (secondary N) is 1. The van der Waals surface area contributed by atoms with Crippen molar-refractivity contribution >= 4 is 23.0 Å². The highest BCUT2D eigenvalue weighted by Gasteiger charge is 2.24. The first kappa shape index (κ1) is 17.4. The van der Waals surface area contributed by atoms with E-state index in [9.17, 15) is 15.0 Å². The summed E-state index contributed by atoms with van der Waals surface area (Å²) in [6, 6.07) is -0.532. The number of aliphatic hydroxyl groups is 2. The Kier molecular flexibility index (Phi) is 5.29. The second kappa shape index (κ2) is 7.62. The van der Waals surface area contributed by atoms with E-state index >= 15 is 0 Å². The molecule has 2 amide bonds. The van der Waals surface area contributed by atoms with Gasteiger partial charge in [0.1, 0.15) is 6.33 Å². The van der Waals surface area contributed by atoms with E-state index in [0.29, 0.717) is 49.7 Å². The summed E-state index contributed by atoms with van der Waals surface area (Å²) in [7, 11) is 0. The Morgan fingerprint density at radius 3 is 2.56 bits per heavy atom. The number of imidazole rings is 1. The van der Waals surface area contributed by atoms with E-state index < -0.39 is 6.04 Å². The van der Waals surface area contributed by atoms with Gasteiger partial charge in [-0.3, -0.25) is 0 Å². The van der Waals surface area contributed by atoms with E-state index in [1.165, 1.54) is 6.33 Å². The third kappa shape index (κ3) is 3.35. The van der Waals surface area contributed by atoms with Gasteiger partial charge < -0.3 is 29.9 Å². The molecule has 0 bridgehead atoms. The number of rotatable bonds is 5. The van der Waals surface area contributed by atoms with E-state index in [0.717, 1.165) is 0 Å². The molecule has 0 radical (unpaired) electrons. The van der Waals surface area contributed by atoms with Gasteiger partial charge in [-0.1, -0.05) is 0 Å². The van der Waals surface area contributed by atoms with Crippen LogP contribution in [-0.2, 0) is 0 Å². The fourth-order valence-electron chi connectivity index (χ4n) is 2.96. The SMILES string of the molecule is CCNC(=O)N1CCN(c2ncnc3c2ncn3C(CO)CO)CC1. The van der Waals surface area contributed by atoms with Gasteiger partial charge in [-0.25, -0.2) is 19.7 Å². The van der Waals surface area contributed by atoms with Gasteiger partial charge in [-0.15, -0.1) is 0 Å². The molecule has 3 rings (SSSR count). The summed E-state index contributed by atoms with van der Waals surface area (Å²) in [4.78, 5) is 28.7. The maximum Gasteiger partial charge on any atom is 0.317 e. The fraction of sp³-hybridized carbons (Fsp3) is 0.600. The standard InChI is InChI=1S/C15H23N7O3/c1-2-16-15(25)21-5-3-20(4-6-21)13-12-14(18-9-17-13)22(10-19-12)11(7-23)8-24/h9-11,23-24H,2-8H2,1H3,(H,16,25). The van der Waals surface area contributed by atoms with Crippen LogP contribution in [0.5, 0.6) is 0 Å². The first-order chi connectivity index (χ1) is 12.2. The molecule has 25 heavy (non-hydrogen) atoms. The number of hydrogen-bond donors (Lipinski definition) is 3. The molecule has 0 saturated carbocycles. The van der Waals surface area contributed by atoms with E-state index in [2.05, 4.69) is 25.2 Å². The molecule has 1 aliphatic rings. The molecule has 1 aliphatic heterocycles. The number of urea groups is 1. The highest BCUT2D eigenvalue weighted by atomic mass is 16.3. The van der Waals surface area contributed by atoms with Crippen LogP contribution < -0.4 is 10.2 Å². The molecule has 0 atom stereocenters. The van der Waals surface area contributed by atoms with Crippen molar-refractivity contribution in [3.8, 4) is 0 Å². The smallest absolute Gasteiger partial charge is 0.317 e. The van der Waals surface area contributed by atoms with Crippen LogP contribution in [0.1, 0.15) is 13.0 Å². The first-order valence-electron chi connectivity index (χ1n) is 8.36. The Bertz CT molecular complexity index is 723. The zero-order valence-corrected chi connectivity index (χ0v) is 14.2. The van der Waals surface area contributed by atoms with Crippen molar-refractivity contribution in [2.24, 2.45) is 0 Å². The number of nitrogens with zero attached hydrogens (tertiary/aromatic N) is 6. The second-order valence-corrected chi connectivity index (χ2v) is 5.85. The molecule has 0 unspecified atom stereocenters. The topological polar surface area (TPSA) is 120 Å². The van der Waals surface area contributed by atoms with Crippen LogP contribution in [0.15, 0.2) is 12.7 Å². The normalized spacial score (nSPS) is 15.2. The van der Waals surface area contributed by atoms with Crippen LogP contribution in [0, 0.1) is 0 Å². The summed E-state index contributed by atoms with van der Waals surface area (Å²) in [5.41, 5.74) is 1.20. The summed E-state index contributed by atoms with van der Waals surface area (Å²) in [6.45, 7) is 4.62. The second-order valence-electron chi connectivity index (χ2n) is 5.85. The van der Waals surface area contributed by atoms with Crippen LogP contribution in [0.3, 0.4) is 0 Å². The molecule has 1 fully saturated rings. The van der Waals surface area contributed by atoms with Crippen molar-refractivity contribution in [2.75, 3.05) is 50.8 Å². The van der Waals surface area contributed by atoms with Gasteiger partial charge in [0, 0.05) is 32.7 Å². The number of aliphatic hydroxyl groups excluding tert-OH is 2. The number of carbonyl (C=O) groups excluding carboxylic acids is 1. The van der Waals surface area contributed by atoms with Gasteiger partial charge in [0.2, 0.25) is 0 Å². The summed E-state index contributed by atoms with van der Waals surface area (Å²) >= 11 is 0. The molecule has 1 saturated heterocycles. The summed E-state index contributed by atoms with van der Waals surface area (Å²) in [5.74, 6) is 0.703. The lowest BCUT2D eigenvalue weighted by Crippen LogP contribution is -2.52. The number of piperazine rings is 1. The molecular weight excluding hydrogens is 326 g/mol. The predicted octanol–water partition coefficient (Wildman–Crippen LogP) is -0.796. The minimum absolute atomic E-state index is 0.0482. The van der Waals surface area contributed by atoms with Crippen molar-refractivity contribution in [1.82, 2.24) is 29.7 Å². The first-order valence-corrected chi connectivity index (χ1v) is 8.36. The van der Waals surface area contributed by atoms with Gasteiger partial charge in [0.25, 0.3) is 0 Å². The molecule has 0 aliphatic carbocycles. The lowest BCUT2D eigenvalue weighted by Gasteiger charge is -2.35. The zero-order chi connectivity index (χ0) is 17.8. The van der Waals surface area contributed by atoms with E-state index in [1.807, 2.05) is 6.92 Å². The van der Waals surface area contributed by atoms with Crippen molar-refractivity contribution in [3.63, 3.8) is 0 Å².